The summed E-state index contributed by atoms with van der Waals surface area (Å²) in [6, 6.07) is 4.25. The second kappa shape index (κ2) is 5.43. The zero-order valence-electron chi connectivity index (χ0n) is 7.49. The van der Waals surface area contributed by atoms with Crippen molar-refractivity contribution in [1.82, 2.24) is 10.3 Å². The van der Waals surface area contributed by atoms with Crippen LogP contribution in [0.15, 0.2) is 18.3 Å². The lowest BCUT2D eigenvalue weighted by molar-refractivity contribution is 0.447. The Kier molecular flexibility index (Phi) is 5.30. The molecule has 0 spiro atoms. The van der Waals surface area contributed by atoms with Gasteiger partial charge in [-0.3, -0.25) is 4.98 Å². The number of pyridine rings is 1. The quantitative estimate of drug-likeness (QED) is 0.783. The molecule has 1 saturated heterocycles. The third-order valence-electron chi connectivity index (χ3n) is 2.19. The lowest BCUT2D eigenvalue weighted by atomic mass is 9.95. The molecule has 2 rings (SSSR count). The molecule has 0 radical (unpaired) electrons. The maximum absolute atomic E-state index is 4.25. The Morgan fingerprint density at radius 2 is 2.00 bits per heavy atom. The summed E-state index contributed by atoms with van der Waals surface area (Å²) in [5.74, 6) is 0.711. The van der Waals surface area contributed by atoms with E-state index >= 15 is 0 Å². The number of halogens is 2. The van der Waals surface area contributed by atoms with E-state index in [1.54, 1.807) is 0 Å². The van der Waals surface area contributed by atoms with Crippen molar-refractivity contribution in [1.29, 1.82) is 0 Å². The molecule has 1 aromatic heterocycles. The minimum Gasteiger partial charge on any atom is -0.315 e. The van der Waals surface area contributed by atoms with Crippen LogP contribution in [0.5, 0.6) is 0 Å². The maximum Gasteiger partial charge on any atom is 0.0372 e. The molecule has 2 heterocycles. The van der Waals surface area contributed by atoms with Gasteiger partial charge in [-0.05, 0) is 18.6 Å². The highest BCUT2D eigenvalue weighted by Gasteiger charge is 2.18. The Labute approximate surface area is 91.0 Å². The van der Waals surface area contributed by atoms with Crippen LogP contribution in [0, 0.1) is 6.92 Å². The summed E-state index contributed by atoms with van der Waals surface area (Å²) in [4.78, 5) is 4.25. The van der Waals surface area contributed by atoms with Gasteiger partial charge in [-0.1, -0.05) is 6.07 Å². The summed E-state index contributed by atoms with van der Waals surface area (Å²) in [5.41, 5.74) is 2.47. The average Bonchev–Trinajstić information content (AvgIpc) is 1.90. The van der Waals surface area contributed by atoms with Crippen LogP contribution in [0.1, 0.15) is 17.2 Å². The van der Waals surface area contributed by atoms with Crippen LogP contribution in [0.4, 0.5) is 0 Å². The van der Waals surface area contributed by atoms with Crippen LogP contribution >= 0.6 is 24.8 Å². The van der Waals surface area contributed by atoms with Crippen LogP contribution in [-0.4, -0.2) is 18.1 Å². The summed E-state index contributed by atoms with van der Waals surface area (Å²) < 4.78 is 0. The zero-order valence-corrected chi connectivity index (χ0v) is 9.12. The first-order chi connectivity index (χ1) is 5.36. The van der Waals surface area contributed by atoms with E-state index in [1.807, 2.05) is 13.1 Å². The van der Waals surface area contributed by atoms with Crippen LogP contribution in [0.25, 0.3) is 0 Å². The van der Waals surface area contributed by atoms with E-state index in [0.717, 1.165) is 18.8 Å². The summed E-state index contributed by atoms with van der Waals surface area (Å²) in [6.07, 6.45) is 1.99. The van der Waals surface area contributed by atoms with E-state index < -0.39 is 0 Å². The number of aromatic nitrogens is 1. The van der Waals surface area contributed by atoms with E-state index in [-0.39, 0.29) is 24.8 Å². The van der Waals surface area contributed by atoms with Gasteiger partial charge in [0.2, 0.25) is 0 Å². The van der Waals surface area contributed by atoms with Gasteiger partial charge in [0.1, 0.15) is 0 Å². The summed E-state index contributed by atoms with van der Waals surface area (Å²) in [7, 11) is 0. The van der Waals surface area contributed by atoms with Crippen molar-refractivity contribution in [2.75, 3.05) is 13.1 Å². The molecule has 0 amide bonds. The van der Waals surface area contributed by atoms with Crippen LogP contribution in [-0.2, 0) is 0 Å². The predicted molar refractivity (Wildman–Crippen MR) is 59.1 cm³/mol. The Hall–Kier alpha value is -0.310. The number of hydrogen-bond donors (Lipinski definition) is 1. The molecule has 0 aromatic carbocycles. The first kappa shape index (κ1) is 12.7. The molecule has 13 heavy (non-hydrogen) atoms. The number of nitrogens with zero attached hydrogens (tertiary/aromatic N) is 1. The summed E-state index contributed by atoms with van der Waals surface area (Å²) in [5, 5.41) is 3.25. The Morgan fingerprint density at radius 3 is 2.38 bits per heavy atom. The third-order valence-corrected chi connectivity index (χ3v) is 2.19. The molecule has 1 aliphatic rings. The molecule has 74 valence electrons. The van der Waals surface area contributed by atoms with Crippen LogP contribution in [0.3, 0.4) is 0 Å². The van der Waals surface area contributed by atoms with Gasteiger partial charge in [0.05, 0.1) is 0 Å². The fraction of sp³-hybridized carbons (Fsp3) is 0.444. The molecule has 1 N–H and O–H groups in total. The smallest absolute Gasteiger partial charge is 0.0372 e. The molecular formula is C9H14Cl2N2. The molecule has 1 aliphatic heterocycles. The van der Waals surface area contributed by atoms with Gasteiger partial charge >= 0.3 is 0 Å². The topological polar surface area (TPSA) is 24.9 Å². The van der Waals surface area contributed by atoms with Crippen molar-refractivity contribution in [2.24, 2.45) is 0 Å². The van der Waals surface area contributed by atoms with Crippen molar-refractivity contribution >= 4 is 24.8 Å². The summed E-state index contributed by atoms with van der Waals surface area (Å²) >= 11 is 0. The van der Waals surface area contributed by atoms with Crippen molar-refractivity contribution < 1.29 is 0 Å². The van der Waals surface area contributed by atoms with E-state index in [1.165, 1.54) is 5.56 Å². The normalized spacial score (nSPS) is 15.2. The lowest BCUT2D eigenvalue weighted by Gasteiger charge is -2.27. The van der Waals surface area contributed by atoms with Gasteiger partial charge < -0.3 is 5.32 Å². The minimum absolute atomic E-state index is 0. The average molecular weight is 221 g/mol. The summed E-state index contributed by atoms with van der Waals surface area (Å²) in [6.45, 7) is 4.25. The molecule has 1 fully saturated rings. The van der Waals surface area contributed by atoms with Crippen LogP contribution < -0.4 is 5.32 Å². The van der Waals surface area contributed by atoms with E-state index in [2.05, 4.69) is 22.4 Å². The highest BCUT2D eigenvalue weighted by atomic mass is 35.5. The van der Waals surface area contributed by atoms with E-state index in [0.29, 0.717) is 5.92 Å². The number of aryl methyl sites for hydroxylation is 1. The van der Waals surface area contributed by atoms with Crippen molar-refractivity contribution in [3.05, 3.63) is 29.6 Å². The number of rotatable bonds is 1. The SMILES string of the molecule is Cc1ccc(C2CNC2)cn1.Cl.Cl. The van der Waals surface area contributed by atoms with Gasteiger partial charge in [-0.2, -0.15) is 0 Å². The van der Waals surface area contributed by atoms with Crippen LogP contribution in [0.2, 0.25) is 0 Å². The van der Waals surface area contributed by atoms with Crippen molar-refractivity contribution in [3.8, 4) is 0 Å². The second-order valence-corrected chi connectivity index (χ2v) is 3.09. The predicted octanol–water partition coefficient (Wildman–Crippen LogP) is 1.92. The number of nitrogens with one attached hydrogen (secondary N) is 1. The monoisotopic (exact) mass is 220 g/mol. The molecule has 0 atom stereocenters. The first-order valence-electron chi connectivity index (χ1n) is 3.99. The highest BCUT2D eigenvalue weighted by molar-refractivity contribution is 5.85. The maximum atomic E-state index is 4.25. The zero-order chi connectivity index (χ0) is 7.68. The molecule has 0 aliphatic carbocycles. The molecule has 2 nitrogen and oxygen atoms in total. The van der Waals surface area contributed by atoms with Gasteiger partial charge in [0.25, 0.3) is 0 Å². The standard InChI is InChI=1S/C9H12N2.2ClH/c1-7-2-3-8(6-11-7)9-4-10-5-9;;/h2-3,6,9-10H,4-5H2,1H3;2*1H. The lowest BCUT2D eigenvalue weighted by Crippen LogP contribution is -2.39. The molecule has 4 heteroatoms. The molecule has 1 aromatic rings. The molecule has 0 bridgehead atoms. The van der Waals surface area contributed by atoms with E-state index in [4.69, 9.17) is 0 Å². The molecular weight excluding hydrogens is 207 g/mol. The second-order valence-electron chi connectivity index (χ2n) is 3.09. The van der Waals surface area contributed by atoms with Crippen molar-refractivity contribution in [3.63, 3.8) is 0 Å². The van der Waals surface area contributed by atoms with Gasteiger partial charge in [-0.25, -0.2) is 0 Å². The van der Waals surface area contributed by atoms with Crippen molar-refractivity contribution in [2.45, 2.75) is 12.8 Å². The van der Waals surface area contributed by atoms with Gasteiger partial charge in [0, 0.05) is 30.9 Å². The van der Waals surface area contributed by atoms with Gasteiger partial charge in [0.15, 0.2) is 0 Å². The number of hydrogen-bond acceptors (Lipinski definition) is 2. The first-order valence-corrected chi connectivity index (χ1v) is 3.99. The molecule has 0 unspecified atom stereocenters. The Bertz CT molecular complexity index is 244. The minimum atomic E-state index is 0. The van der Waals surface area contributed by atoms with E-state index in [9.17, 15) is 0 Å². The highest BCUT2D eigenvalue weighted by Crippen LogP contribution is 2.18. The largest absolute Gasteiger partial charge is 0.315 e. The Morgan fingerprint density at radius 1 is 1.31 bits per heavy atom. The third kappa shape index (κ3) is 2.83. The molecule has 0 saturated carbocycles. The fourth-order valence-electron chi connectivity index (χ4n) is 1.25. The van der Waals surface area contributed by atoms with Gasteiger partial charge in [-0.15, -0.1) is 24.8 Å². The Balaban J connectivity index is 0.000000720. The fourth-order valence-corrected chi connectivity index (χ4v) is 1.25.